The molecule has 0 aromatic carbocycles. The van der Waals surface area contributed by atoms with Gasteiger partial charge >= 0.3 is 5.97 Å². The molecular weight excluding hydrogens is 192 g/mol. The lowest BCUT2D eigenvalue weighted by Gasteiger charge is -2.41. The zero-order chi connectivity index (χ0) is 10.3. The molecule has 0 aromatic heterocycles. The summed E-state index contributed by atoms with van der Waals surface area (Å²) >= 11 is 0. The van der Waals surface area contributed by atoms with Crippen LogP contribution in [0.2, 0.25) is 0 Å². The van der Waals surface area contributed by atoms with Crippen molar-refractivity contribution in [3.63, 3.8) is 0 Å². The van der Waals surface area contributed by atoms with E-state index in [1.165, 1.54) is 0 Å². The summed E-state index contributed by atoms with van der Waals surface area (Å²) in [5.74, 6) is -0.833. The van der Waals surface area contributed by atoms with Gasteiger partial charge in [0.15, 0.2) is 18.5 Å². The number of esters is 1. The maximum Gasteiger partial charge on any atom is 0.338 e. The summed E-state index contributed by atoms with van der Waals surface area (Å²) in [5.41, 5.74) is 0. The fraction of sp³-hybridized carbons (Fsp3) is 0.875. The van der Waals surface area contributed by atoms with Crippen LogP contribution < -0.4 is 0 Å². The zero-order valence-corrected chi connectivity index (χ0v) is 7.62. The Morgan fingerprint density at radius 2 is 2.14 bits per heavy atom. The first-order chi connectivity index (χ1) is 6.59. The number of aliphatic hydroxyl groups excluding tert-OH is 2. The third-order valence-electron chi connectivity index (χ3n) is 2.38. The van der Waals surface area contributed by atoms with Crippen molar-refractivity contribution in [3.05, 3.63) is 0 Å². The second-order valence-corrected chi connectivity index (χ2v) is 3.41. The highest BCUT2D eigenvalue weighted by atomic mass is 16.7. The lowest BCUT2D eigenvalue weighted by molar-refractivity contribution is -0.293. The van der Waals surface area contributed by atoms with Crippen LogP contribution in [-0.2, 0) is 19.0 Å². The van der Waals surface area contributed by atoms with Gasteiger partial charge in [-0.3, -0.25) is 0 Å². The molecule has 2 heterocycles. The van der Waals surface area contributed by atoms with Gasteiger partial charge in [-0.25, -0.2) is 4.79 Å². The van der Waals surface area contributed by atoms with E-state index in [2.05, 4.69) is 0 Å². The minimum atomic E-state index is -1.53. The van der Waals surface area contributed by atoms with Gasteiger partial charge in [0.2, 0.25) is 0 Å². The molecule has 2 aliphatic rings. The van der Waals surface area contributed by atoms with E-state index < -0.39 is 36.7 Å². The molecule has 5 atom stereocenters. The molecule has 2 fully saturated rings. The summed E-state index contributed by atoms with van der Waals surface area (Å²) in [6.45, 7) is 1.85. The Balaban J connectivity index is 2.12. The van der Waals surface area contributed by atoms with Crippen molar-refractivity contribution in [1.29, 1.82) is 0 Å². The number of hydrogen-bond acceptors (Lipinski definition) is 6. The molecule has 6 heteroatoms. The predicted octanol–water partition coefficient (Wildman–Crippen LogP) is -1.61. The van der Waals surface area contributed by atoms with Gasteiger partial charge in [-0.2, -0.15) is 0 Å². The molecule has 0 bridgehead atoms. The normalized spacial score (nSPS) is 48.2. The topological polar surface area (TPSA) is 85.2 Å². The average molecular weight is 204 g/mol. The lowest BCUT2D eigenvalue weighted by Crippen LogP contribution is -2.61. The van der Waals surface area contributed by atoms with Gasteiger partial charge in [-0.05, 0) is 6.92 Å². The van der Waals surface area contributed by atoms with Crippen LogP contribution in [-0.4, -0.2) is 53.5 Å². The molecule has 80 valence electrons. The van der Waals surface area contributed by atoms with Crippen LogP contribution in [0, 0.1) is 0 Å². The van der Waals surface area contributed by atoms with Crippen LogP contribution in [0.4, 0.5) is 0 Å². The van der Waals surface area contributed by atoms with Gasteiger partial charge in [-0.15, -0.1) is 0 Å². The first kappa shape index (κ1) is 9.85. The van der Waals surface area contributed by atoms with Crippen LogP contribution in [0.1, 0.15) is 6.92 Å². The zero-order valence-electron chi connectivity index (χ0n) is 7.62. The molecular formula is C8H12O6. The van der Waals surface area contributed by atoms with Crippen molar-refractivity contribution in [2.24, 2.45) is 0 Å². The third-order valence-corrected chi connectivity index (χ3v) is 2.38. The molecule has 1 unspecified atom stereocenters. The van der Waals surface area contributed by atoms with Gasteiger partial charge in [-0.1, -0.05) is 0 Å². The van der Waals surface area contributed by atoms with Crippen LogP contribution in [0.25, 0.3) is 0 Å². The summed E-state index contributed by atoms with van der Waals surface area (Å²) in [6.07, 6.45) is -4.56. The van der Waals surface area contributed by atoms with Crippen molar-refractivity contribution in [2.75, 3.05) is 6.61 Å². The van der Waals surface area contributed by atoms with Gasteiger partial charge in [0.25, 0.3) is 0 Å². The minimum Gasteiger partial charge on any atom is -0.455 e. The van der Waals surface area contributed by atoms with E-state index in [1.54, 1.807) is 6.92 Å². The Morgan fingerprint density at radius 1 is 1.43 bits per heavy atom. The number of carbonyl (C=O) groups excluding carboxylic acids is 1. The Morgan fingerprint density at radius 3 is 2.86 bits per heavy atom. The van der Waals surface area contributed by atoms with Crippen molar-refractivity contribution in [3.8, 4) is 0 Å². The number of aliphatic hydroxyl groups is 2. The highest BCUT2D eigenvalue weighted by molar-refractivity contribution is 5.76. The van der Waals surface area contributed by atoms with Crippen LogP contribution in [0.15, 0.2) is 0 Å². The molecule has 2 aliphatic heterocycles. The molecule has 2 N–H and O–H groups in total. The van der Waals surface area contributed by atoms with Gasteiger partial charge in [0.1, 0.15) is 12.2 Å². The third kappa shape index (κ3) is 1.50. The van der Waals surface area contributed by atoms with Gasteiger partial charge in [0, 0.05) is 0 Å². The minimum absolute atomic E-state index is 0.182. The molecule has 0 radical (unpaired) electrons. The average Bonchev–Trinajstić information content (AvgIpc) is 2.16. The Kier molecular flexibility index (Phi) is 2.44. The fourth-order valence-corrected chi connectivity index (χ4v) is 1.61. The molecule has 14 heavy (non-hydrogen) atoms. The van der Waals surface area contributed by atoms with Gasteiger partial charge < -0.3 is 24.4 Å². The predicted molar refractivity (Wildman–Crippen MR) is 42.2 cm³/mol. The van der Waals surface area contributed by atoms with Gasteiger partial charge in [0.05, 0.1) is 6.61 Å². The molecule has 2 rings (SSSR count). The molecule has 0 spiro atoms. The molecule has 0 aliphatic carbocycles. The van der Waals surface area contributed by atoms with E-state index >= 15 is 0 Å². The Bertz CT molecular complexity index is 240. The summed E-state index contributed by atoms with van der Waals surface area (Å²) in [7, 11) is 0. The second kappa shape index (κ2) is 3.47. The molecule has 0 saturated carbocycles. The Hall–Kier alpha value is -0.690. The molecule has 2 saturated heterocycles. The number of hydrogen-bond donors (Lipinski definition) is 2. The van der Waals surface area contributed by atoms with E-state index in [4.69, 9.17) is 14.2 Å². The van der Waals surface area contributed by atoms with Crippen LogP contribution in [0.3, 0.4) is 0 Å². The highest BCUT2D eigenvalue weighted by Gasteiger charge is 2.48. The highest BCUT2D eigenvalue weighted by Crippen LogP contribution is 2.25. The first-order valence-corrected chi connectivity index (χ1v) is 4.43. The summed E-state index contributed by atoms with van der Waals surface area (Å²) < 4.78 is 15.1. The van der Waals surface area contributed by atoms with Crippen molar-refractivity contribution in [1.82, 2.24) is 0 Å². The van der Waals surface area contributed by atoms with Crippen molar-refractivity contribution >= 4 is 5.97 Å². The van der Waals surface area contributed by atoms with E-state index in [0.717, 1.165) is 0 Å². The summed E-state index contributed by atoms with van der Waals surface area (Å²) in [6, 6.07) is 0. The number of rotatable bonds is 0. The lowest BCUT2D eigenvalue weighted by atomic mass is 9.99. The molecule has 0 aromatic rings. The summed E-state index contributed by atoms with van der Waals surface area (Å²) in [4.78, 5) is 11.0. The number of carbonyl (C=O) groups is 1. The Labute approximate surface area is 80.4 Å². The first-order valence-electron chi connectivity index (χ1n) is 4.43. The smallest absolute Gasteiger partial charge is 0.338 e. The monoisotopic (exact) mass is 204 g/mol. The standard InChI is InChI=1S/C8H12O6/c1-3-12-2-4-7(13-3)5(9)6(10)8(11)14-4/h3-7,9-10H,2H2,1H3/t3?,4-,5+,6-,7-/m1/s1. The molecule has 0 amide bonds. The van der Waals surface area contributed by atoms with E-state index in [0.29, 0.717) is 0 Å². The maximum absolute atomic E-state index is 11.0. The van der Waals surface area contributed by atoms with Crippen LogP contribution in [0.5, 0.6) is 0 Å². The van der Waals surface area contributed by atoms with E-state index in [-0.39, 0.29) is 6.61 Å². The van der Waals surface area contributed by atoms with Crippen molar-refractivity contribution < 1.29 is 29.2 Å². The number of fused-ring (bicyclic) bond motifs is 1. The largest absolute Gasteiger partial charge is 0.455 e. The molecule has 6 nitrogen and oxygen atoms in total. The van der Waals surface area contributed by atoms with E-state index in [1.807, 2.05) is 0 Å². The summed E-state index contributed by atoms with van der Waals surface area (Å²) in [5, 5.41) is 18.8. The quantitative estimate of drug-likeness (QED) is 0.462. The number of ether oxygens (including phenoxy) is 3. The fourth-order valence-electron chi connectivity index (χ4n) is 1.61. The SMILES string of the molecule is CC1OC[C@H]2OC(=O)[C@H](O)[C@H](O)[C@@H]2O1. The van der Waals surface area contributed by atoms with Crippen molar-refractivity contribution in [2.45, 2.75) is 37.6 Å². The van der Waals surface area contributed by atoms with Crippen LogP contribution >= 0.6 is 0 Å². The van der Waals surface area contributed by atoms with E-state index in [9.17, 15) is 15.0 Å². The second-order valence-electron chi connectivity index (χ2n) is 3.41. The maximum atomic E-state index is 11.0.